The number of nitrogen functional groups attached to an aromatic ring is 1. The van der Waals surface area contributed by atoms with E-state index in [1.165, 1.54) is 10.9 Å². The zero-order valence-electron chi connectivity index (χ0n) is 24.6. The van der Waals surface area contributed by atoms with Gasteiger partial charge in [-0.25, -0.2) is 19.7 Å². The minimum atomic E-state index is -1.41. The molecule has 2 amide bonds. The van der Waals surface area contributed by atoms with Crippen molar-refractivity contribution in [3.63, 3.8) is 0 Å². The molecule has 0 aromatic carbocycles. The molecule has 14 heteroatoms. The maximum Gasteiger partial charge on any atom is 0.410 e. The fourth-order valence-electron chi connectivity index (χ4n) is 5.71. The van der Waals surface area contributed by atoms with Crippen LogP contribution in [0.25, 0.3) is 11.2 Å². The van der Waals surface area contributed by atoms with Gasteiger partial charge in [0.25, 0.3) is 5.91 Å². The van der Waals surface area contributed by atoms with Gasteiger partial charge in [0.15, 0.2) is 23.8 Å². The van der Waals surface area contributed by atoms with E-state index in [0.29, 0.717) is 68.2 Å². The maximum atomic E-state index is 12.4. The van der Waals surface area contributed by atoms with Crippen molar-refractivity contribution in [2.75, 3.05) is 25.4 Å². The monoisotopic (exact) mass is 589 g/mol. The van der Waals surface area contributed by atoms with E-state index in [1.54, 1.807) is 11.8 Å². The minimum Gasteiger partial charge on any atom is -0.446 e. The SMILES string of the molecule is CC.CCNC(=O)[C@H]1O[C@@H](n2cnc3c(N)nc(CCCC4CCN(C(=O)OC5CCC(=O)C5)CC4)nc32)C(O)[C@H]1O. The molecule has 42 heavy (non-hydrogen) atoms. The lowest BCUT2D eigenvalue weighted by molar-refractivity contribution is -0.137. The number of hydrogen-bond acceptors (Lipinski definition) is 11. The number of likely N-dealkylation sites (N-methyl/N-ethyl adjacent to an activating group) is 1. The molecule has 5 N–H and O–H groups in total. The first kappa shape index (κ1) is 31.6. The van der Waals surface area contributed by atoms with Crippen LogP contribution in [0.1, 0.15) is 77.8 Å². The highest BCUT2D eigenvalue weighted by atomic mass is 16.6. The van der Waals surface area contributed by atoms with Gasteiger partial charge in [0.05, 0.1) is 6.33 Å². The molecule has 232 valence electrons. The van der Waals surface area contributed by atoms with Crippen molar-refractivity contribution in [3.8, 4) is 0 Å². The summed E-state index contributed by atoms with van der Waals surface area (Å²) in [6, 6.07) is 0. The van der Waals surface area contributed by atoms with Crippen molar-refractivity contribution < 1.29 is 34.1 Å². The van der Waals surface area contributed by atoms with Gasteiger partial charge in [0.2, 0.25) is 0 Å². The second-order valence-electron chi connectivity index (χ2n) is 10.8. The number of ketones is 1. The number of nitrogens with one attached hydrogen (secondary N) is 1. The van der Waals surface area contributed by atoms with E-state index < -0.39 is 30.4 Å². The number of amides is 2. The Bertz CT molecular complexity index is 1250. The number of hydrogen-bond donors (Lipinski definition) is 4. The van der Waals surface area contributed by atoms with Crippen LogP contribution in [0.3, 0.4) is 0 Å². The molecule has 3 fully saturated rings. The number of carbonyl (C=O) groups excluding carboxylic acids is 3. The second-order valence-corrected chi connectivity index (χ2v) is 10.8. The second kappa shape index (κ2) is 14.2. The molecule has 14 nitrogen and oxygen atoms in total. The Morgan fingerprint density at radius 1 is 1.17 bits per heavy atom. The summed E-state index contributed by atoms with van der Waals surface area (Å²) in [6.45, 7) is 7.37. The molecule has 1 saturated carbocycles. The third kappa shape index (κ3) is 6.98. The smallest absolute Gasteiger partial charge is 0.410 e. The molecule has 2 aromatic rings. The van der Waals surface area contributed by atoms with Crippen molar-refractivity contribution >= 4 is 34.8 Å². The van der Waals surface area contributed by atoms with Crippen LogP contribution in [-0.4, -0.2) is 96.5 Å². The van der Waals surface area contributed by atoms with Crippen molar-refractivity contribution in [2.24, 2.45) is 5.92 Å². The van der Waals surface area contributed by atoms with E-state index in [1.807, 2.05) is 13.8 Å². The Morgan fingerprint density at radius 3 is 2.57 bits per heavy atom. The molecule has 4 heterocycles. The summed E-state index contributed by atoms with van der Waals surface area (Å²) in [5, 5.41) is 23.6. The molecule has 2 aliphatic heterocycles. The van der Waals surface area contributed by atoms with Crippen LogP contribution in [0.5, 0.6) is 0 Å². The highest BCUT2D eigenvalue weighted by Gasteiger charge is 2.47. The Kier molecular flexibility index (Phi) is 10.7. The zero-order valence-corrected chi connectivity index (χ0v) is 24.6. The summed E-state index contributed by atoms with van der Waals surface area (Å²) in [5.74, 6) is 0.816. The number of anilines is 1. The summed E-state index contributed by atoms with van der Waals surface area (Å²) in [7, 11) is 0. The number of Topliss-reactive ketones (excluding diaryl/α,β-unsaturated/α-hetero) is 1. The fourth-order valence-corrected chi connectivity index (χ4v) is 5.71. The molecule has 1 aliphatic carbocycles. The Morgan fingerprint density at radius 2 is 1.90 bits per heavy atom. The van der Waals surface area contributed by atoms with Gasteiger partial charge < -0.3 is 35.6 Å². The first-order chi connectivity index (χ1) is 20.2. The third-order valence-electron chi connectivity index (χ3n) is 7.97. The highest BCUT2D eigenvalue weighted by Crippen LogP contribution is 2.32. The number of ether oxygens (including phenoxy) is 2. The Labute approximate surface area is 245 Å². The normalized spacial score (nSPS) is 26.3. The molecule has 3 aliphatic rings. The molecule has 2 aromatic heterocycles. The summed E-state index contributed by atoms with van der Waals surface area (Å²) in [6.07, 6.45) is 1.23. The number of aliphatic hydroxyl groups excluding tert-OH is 2. The molecule has 5 atom stereocenters. The predicted octanol–water partition coefficient (Wildman–Crippen LogP) is 1.48. The minimum absolute atomic E-state index is 0.152. The van der Waals surface area contributed by atoms with Crippen molar-refractivity contribution in [3.05, 3.63) is 12.2 Å². The molecule has 5 rings (SSSR count). The molecule has 0 spiro atoms. The molecule has 0 bridgehead atoms. The number of carbonyl (C=O) groups is 3. The highest BCUT2D eigenvalue weighted by molar-refractivity contribution is 5.83. The van der Waals surface area contributed by atoms with E-state index in [9.17, 15) is 24.6 Å². The lowest BCUT2D eigenvalue weighted by Gasteiger charge is -2.32. The van der Waals surface area contributed by atoms with Crippen molar-refractivity contribution in [1.82, 2.24) is 29.7 Å². The van der Waals surface area contributed by atoms with Gasteiger partial charge in [-0.15, -0.1) is 0 Å². The first-order valence-electron chi connectivity index (χ1n) is 15.0. The Hall–Kier alpha value is -3.36. The van der Waals surface area contributed by atoms with Crippen LogP contribution in [-0.2, 0) is 25.5 Å². The average molecular weight is 590 g/mol. The van der Waals surface area contributed by atoms with Crippen LogP contribution in [0.4, 0.5) is 10.6 Å². The third-order valence-corrected chi connectivity index (χ3v) is 7.97. The van der Waals surface area contributed by atoms with Gasteiger partial charge in [-0.3, -0.25) is 14.2 Å². The van der Waals surface area contributed by atoms with Crippen molar-refractivity contribution in [2.45, 2.75) is 103 Å². The van der Waals surface area contributed by atoms with E-state index in [0.717, 1.165) is 25.7 Å². The first-order valence-corrected chi connectivity index (χ1v) is 15.0. The van der Waals surface area contributed by atoms with Crippen LogP contribution < -0.4 is 11.1 Å². The van der Waals surface area contributed by atoms with Crippen LogP contribution >= 0.6 is 0 Å². The summed E-state index contributed by atoms with van der Waals surface area (Å²) in [5.41, 5.74) is 6.86. The predicted molar refractivity (Wildman–Crippen MR) is 152 cm³/mol. The number of nitrogens with two attached hydrogens (primary N) is 1. The van der Waals surface area contributed by atoms with Gasteiger partial charge >= 0.3 is 6.09 Å². The van der Waals surface area contributed by atoms with Gasteiger partial charge in [-0.1, -0.05) is 13.8 Å². The average Bonchev–Trinajstić information content (AvgIpc) is 3.68. The molecular formula is C28H43N7O7. The summed E-state index contributed by atoms with van der Waals surface area (Å²) < 4.78 is 12.7. The lowest BCUT2D eigenvalue weighted by atomic mass is 9.91. The van der Waals surface area contributed by atoms with Gasteiger partial charge in [0, 0.05) is 38.9 Å². The summed E-state index contributed by atoms with van der Waals surface area (Å²) >= 11 is 0. The number of aromatic nitrogens is 4. The molecular weight excluding hydrogens is 546 g/mol. The fraction of sp³-hybridized carbons (Fsp3) is 0.714. The van der Waals surface area contributed by atoms with E-state index in [2.05, 4.69) is 20.3 Å². The van der Waals surface area contributed by atoms with E-state index in [4.69, 9.17) is 15.2 Å². The number of aryl methyl sites for hydroxylation is 1. The molecule has 2 unspecified atom stereocenters. The van der Waals surface area contributed by atoms with E-state index in [-0.39, 0.29) is 23.8 Å². The van der Waals surface area contributed by atoms with Crippen molar-refractivity contribution in [1.29, 1.82) is 0 Å². The number of likely N-dealkylation sites (tertiary alicyclic amines) is 1. The quantitative estimate of drug-likeness (QED) is 0.348. The molecule has 2 saturated heterocycles. The number of piperidine rings is 1. The van der Waals surface area contributed by atoms with Crippen LogP contribution in [0.2, 0.25) is 0 Å². The standard InChI is InChI=1S/C26H37N7O7.C2H6/c1-2-28-24(37)21-19(35)20(36)25(40-21)33-13-29-18-22(27)30-17(31-23(18)33)5-3-4-14-8-10-32(11-9-14)26(38)39-16-7-6-15(34)12-16;1-2/h13-14,16,19-21,25,35-36H,2-12H2,1H3,(H,28,37)(H2,27,30,31);1-2H3/t16?,19-,20?,21+,25-;/m1./s1. The largest absolute Gasteiger partial charge is 0.446 e. The van der Waals surface area contributed by atoms with Gasteiger partial charge in [0.1, 0.15) is 35.4 Å². The summed E-state index contributed by atoms with van der Waals surface area (Å²) in [4.78, 5) is 51.1. The topological polar surface area (TPSA) is 195 Å². The number of aliphatic hydroxyl groups is 2. The number of nitrogens with zero attached hydrogens (tertiary/aromatic N) is 5. The van der Waals surface area contributed by atoms with E-state index >= 15 is 0 Å². The van der Waals surface area contributed by atoms with Crippen LogP contribution in [0, 0.1) is 5.92 Å². The van der Waals surface area contributed by atoms with Gasteiger partial charge in [-0.05, 0) is 44.9 Å². The van der Waals surface area contributed by atoms with Crippen LogP contribution in [0.15, 0.2) is 6.33 Å². The maximum absolute atomic E-state index is 12.4. The van der Waals surface area contributed by atoms with Gasteiger partial charge in [-0.2, -0.15) is 0 Å². The Balaban J connectivity index is 0.00000198. The number of imidazole rings is 1. The number of fused-ring (bicyclic) bond motifs is 1. The lowest BCUT2D eigenvalue weighted by Crippen LogP contribution is -2.42. The number of rotatable bonds is 8. The molecule has 0 radical (unpaired) electrons. The zero-order chi connectivity index (χ0) is 30.4.